The molecule has 5 aromatic rings. The fourth-order valence-electron chi connectivity index (χ4n) is 6.35. The Morgan fingerprint density at radius 2 is 1.58 bits per heavy atom. The van der Waals surface area contributed by atoms with Gasteiger partial charge in [-0.15, -0.1) is 0 Å². The molecule has 1 aliphatic rings. The lowest BCUT2D eigenvalue weighted by molar-refractivity contribution is -0.659. The third-order valence-electron chi connectivity index (χ3n) is 7.79. The second kappa shape index (κ2) is 8.30. The molecule has 0 bridgehead atoms. The molecule has 0 unspecified atom stereocenters. The maximum atomic E-state index is 9.22. The topological polar surface area (TPSA) is 13.1 Å². The van der Waals surface area contributed by atoms with E-state index >= 15 is 0 Å². The number of ether oxygens (including phenoxy) is 1. The average Bonchev–Trinajstić information content (AvgIpc) is 2.85. The van der Waals surface area contributed by atoms with Crippen molar-refractivity contribution in [3.8, 4) is 22.8 Å². The molecule has 2 heteroatoms. The van der Waals surface area contributed by atoms with Crippen molar-refractivity contribution in [1.82, 2.24) is 0 Å². The molecule has 1 aliphatic heterocycles. The minimum atomic E-state index is 0.0544. The van der Waals surface area contributed by atoms with Crippen LogP contribution in [0.4, 0.5) is 0 Å². The highest BCUT2D eigenvalue weighted by Gasteiger charge is 2.34. The van der Waals surface area contributed by atoms with Crippen LogP contribution in [0.1, 0.15) is 66.5 Å². The van der Waals surface area contributed by atoms with Gasteiger partial charge >= 0.3 is 0 Å². The third-order valence-corrected chi connectivity index (χ3v) is 7.79. The summed E-state index contributed by atoms with van der Waals surface area (Å²) in [4.78, 5) is 0. The Kier molecular flexibility index (Phi) is 4.93. The number of hydrogen-bond acceptors (Lipinski definition) is 1. The van der Waals surface area contributed by atoms with Gasteiger partial charge in [-0.3, -0.25) is 0 Å². The number of nitrogens with zero attached hydrogens (tertiary/aromatic N) is 1. The standard InChI is InChI=1S/C36H40NO/c1-21-13-14-25-27(17-21)22(2)30-33-32-26(15-16-37(33)9)31-23(11-10-12-24(31)19-35(3,4)5)18-29(32)38-34(30)28(25)20-36(6,7)8/h10-18H,19-20H2,1-9H3/q+1/i15D,16D. The molecule has 0 N–H and O–H groups in total. The van der Waals surface area contributed by atoms with Crippen molar-refractivity contribution in [3.63, 3.8) is 0 Å². The fraction of sp³-hybridized carbons (Fsp3) is 0.361. The molecule has 0 radical (unpaired) electrons. The fourth-order valence-corrected chi connectivity index (χ4v) is 6.35. The van der Waals surface area contributed by atoms with Gasteiger partial charge in [-0.25, -0.2) is 4.57 Å². The van der Waals surface area contributed by atoms with Gasteiger partial charge in [-0.2, -0.15) is 0 Å². The summed E-state index contributed by atoms with van der Waals surface area (Å²) in [5.41, 5.74) is 6.99. The second-order valence-corrected chi connectivity index (χ2v) is 13.7. The Labute approximate surface area is 230 Å². The lowest BCUT2D eigenvalue weighted by Crippen LogP contribution is -2.32. The molecule has 0 atom stereocenters. The lowest BCUT2D eigenvalue weighted by atomic mass is 9.81. The van der Waals surface area contributed by atoms with Crippen LogP contribution in [0.2, 0.25) is 0 Å². The van der Waals surface area contributed by atoms with E-state index in [1.165, 1.54) is 27.5 Å². The number of aromatic nitrogens is 1. The summed E-state index contributed by atoms with van der Waals surface area (Å²) >= 11 is 0. The van der Waals surface area contributed by atoms with Gasteiger partial charge in [0, 0.05) is 17.0 Å². The monoisotopic (exact) mass is 504 g/mol. The Morgan fingerprint density at radius 3 is 2.29 bits per heavy atom. The van der Waals surface area contributed by atoms with Crippen molar-refractivity contribution in [2.75, 3.05) is 0 Å². The first-order valence-corrected chi connectivity index (χ1v) is 13.8. The first-order chi connectivity index (χ1) is 18.7. The van der Waals surface area contributed by atoms with Crippen molar-refractivity contribution < 1.29 is 12.0 Å². The van der Waals surface area contributed by atoms with Crippen LogP contribution in [-0.4, -0.2) is 0 Å². The summed E-state index contributed by atoms with van der Waals surface area (Å²) in [6.07, 6.45) is 1.98. The number of hydrogen-bond donors (Lipinski definition) is 0. The Hall–Kier alpha value is -3.39. The van der Waals surface area contributed by atoms with Crippen LogP contribution < -0.4 is 9.30 Å². The first kappa shape index (κ1) is 22.6. The van der Waals surface area contributed by atoms with Crippen molar-refractivity contribution in [2.45, 2.75) is 68.2 Å². The molecule has 6 rings (SSSR count). The summed E-state index contributed by atoms with van der Waals surface area (Å²) in [5.74, 6) is 1.68. The maximum Gasteiger partial charge on any atom is 0.228 e. The Bertz CT molecular complexity index is 1890. The molecule has 194 valence electrons. The predicted molar refractivity (Wildman–Crippen MR) is 161 cm³/mol. The zero-order chi connectivity index (χ0) is 28.9. The molecule has 2 heterocycles. The van der Waals surface area contributed by atoms with Gasteiger partial charge in [-0.05, 0) is 76.3 Å². The van der Waals surface area contributed by atoms with E-state index in [1.807, 2.05) is 11.6 Å². The molecule has 38 heavy (non-hydrogen) atoms. The molecule has 0 spiro atoms. The SMILES string of the molecule is [2H]c1c([2H])[n+](C)c2c3c(cc4cccc(CC(C)(C)C)c4c13)Oc1c-2c(C)c2cc(C)ccc2c1CC(C)(C)C. The molecule has 1 aromatic heterocycles. The maximum absolute atomic E-state index is 9.22. The molecular formula is C36H40NO+. The van der Waals surface area contributed by atoms with E-state index in [0.29, 0.717) is 0 Å². The number of aryl methyl sites for hydroxylation is 2. The van der Waals surface area contributed by atoms with Crippen LogP contribution in [-0.2, 0) is 19.9 Å². The van der Waals surface area contributed by atoms with Gasteiger partial charge in [0.25, 0.3) is 0 Å². The highest BCUT2D eigenvalue weighted by Crippen LogP contribution is 2.53. The zero-order valence-electron chi connectivity index (χ0n) is 26.3. The van der Waals surface area contributed by atoms with Crippen LogP contribution >= 0.6 is 0 Å². The minimum absolute atomic E-state index is 0.0544. The van der Waals surface area contributed by atoms with E-state index in [1.54, 1.807) is 0 Å². The second-order valence-electron chi connectivity index (χ2n) is 13.7. The summed E-state index contributed by atoms with van der Waals surface area (Å²) < 4.78 is 27.2. The number of rotatable bonds is 2. The third kappa shape index (κ3) is 3.97. The molecule has 2 nitrogen and oxygen atoms in total. The molecular weight excluding hydrogens is 462 g/mol. The van der Waals surface area contributed by atoms with Gasteiger partial charge < -0.3 is 4.74 Å². The van der Waals surface area contributed by atoms with E-state index in [0.717, 1.165) is 62.7 Å². The summed E-state index contributed by atoms with van der Waals surface area (Å²) in [6.45, 7) is 17.9. The summed E-state index contributed by atoms with van der Waals surface area (Å²) in [5, 5.41) is 6.38. The van der Waals surface area contributed by atoms with Crippen LogP contribution in [0.25, 0.3) is 43.6 Å². The highest BCUT2D eigenvalue weighted by molar-refractivity contribution is 6.17. The molecule has 0 amide bonds. The van der Waals surface area contributed by atoms with E-state index < -0.39 is 0 Å². The number of fused-ring (bicyclic) bond motifs is 5. The zero-order valence-corrected chi connectivity index (χ0v) is 24.3. The summed E-state index contributed by atoms with van der Waals surface area (Å²) in [6, 6.07) is 15.6. The van der Waals surface area contributed by atoms with Crippen molar-refractivity contribution >= 4 is 32.3 Å². The van der Waals surface area contributed by atoms with Gasteiger partial charge in [-0.1, -0.05) is 83.5 Å². The van der Waals surface area contributed by atoms with E-state index in [4.69, 9.17) is 6.11 Å². The number of benzene rings is 4. The van der Waals surface area contributed by atoms with Crippen molar-refractivity contribution in [2.24, 2.45) is 17.9 Å². The molecule has 0 fully saturated rings. The van der Waals surface area contributed by atoms with E-state index in [2.05, 4.69) is 97.9 Å². The largest absolute Gasteiger partial charge is 0.455 e. The van der Waals surface area contributed by atoms with Crippen LogP contribution in [0.15, 0.2) is 54.7 Å². The van der Waals surface area contributed by atoms with Crippen LogP contribution in [0, 0.1) is 24.7 Å². The van der Waals surface area contributed by atoms with Gasteiger partial charge in [0.15, 0.2) is 6.17 Å². The minimum Gasteiger partial charge on any atom is -0.455 e. The molecule has 0 saturated heterocycles. The normalized spacial score (nSPS) is 14.0. The number of pyridine rings is 1. The van der Waals surface area contributed by atoms with Crippen molar-refractivity contribution in [1.29, 1.82) is 0 Å². The van der Waals surface area contributed by atoms with E-state index in [9.17, 15) is 1.37 Å². The summed E-state index contributed by atoms with van der Waals surface area (Å²) in [7, 11) is 1.93. The first-order valence-electron chi connectivity index (χ1n) is 14.8. The van der Waals surface area contributed by atoms with Gasteiger partial charge in [0.2, 0.25) is 5.69 Å². The Balaban J connectivity index is 1.84. The van der Waals surface area contributed by atoms with Crippen molar-refractivity contribution in [3.05, 3.63) is 76.9 Å². The smallest absolute Gasteiger partial charge is 0.228 e. The predicted octanol–water partition coefficient (Wildman–Crippen LogP) is 9.54. The molecule has 0 aliphatic carbocycles. The Morgan fingerprint density at radius 1 is 0.842 bits per heavy atom. The molecule has 0 saturated carbocycles. The average molecular weight is 505 g/mol. The highest BCUT2D eigenvalue weighted by atomic mass is 16.5. The van der Waals surface area contributed by atoms with Gasteiger partial charge in [0.1, 0.15) is 19.9 Å². The van der Waals surface area contributed by atoms with E-state index in [-0.39, 0.29) is 23.0 Å². The lowest BCUT2D eigenvalue weighted by Gasteiger charge is -2.29. The quantitative estimate of drug-likeness (QED) is 0.169. The van der Waals surface area contributed by atoms with Gasteiger partial charge in [0.05, 0.1) is 12.3 Å². The van der Waals surface area contributed by atoms with Crippen LogP contribution in [0.5, 0.6) is 11.5 Å². The van der Waals surface area contributed by atoms with Crippen LogP contribution in [0.3, 0.4) is 0 Å². The molecule has 4 aromatic carbocycles.